The number of ether oxygens (including phenoxy) is 3. The Kier molecular flexibility index (Phi) is 14.6. The molecule has 1 rings (SSSR count). The third kappa shape index (κ3) is 10.7. The van der Waals surface area contributed by atoms with Gasteiger partial charge in [-0.25, -0.2) is 0 Å². The lowest BCUT2D eigenvalue weighted by Gasteiger charge is -2.42. The number of allylic oxidation sites excluding steroid dienone is 1. The monoisotopic (exact) mass is 444 g/mol. The standard InChI is InChI=1S/C22H41BNO5S/c1-5-7-8-9-10-11-12-13-15-26-21-19(24-17(3)4)22(27-14-6-2)29-18(20(21)25)16-28-30-23/h6,14,18-23,25H,5,7-13,15-16H2,1-4H3/b14-6-/t18?,19?,20-,21?,22+/m1/s1/i23T. The van der Waals surface area contributed by atoms with Crippen molar-refractivity contribution in [1.29, 1.82) is 1.34 Å². The van der Waals surface area contributed by atoms with Crippen LogP contribution in [0.4, 0.5) is 0 Å². The summed E-state index contributed by atoms with van der Waals surface area (Å²) in [5, 5.41) is 10.9. The highest BCUT2D eigenvalue weighted by molar-refractivity contribution is 8.15. The second-order valence-corrected chi connectivity index (χ2v) is 8.33. The smallest absolute Gasteiger partial charge is 0.224 e. The maximum absolute atomic E-state index is 10.9. The van der Waals surface area contributed by atoms with E-state index < -0.39 is 30.6 Å². The summed E-state index contributed by atoms with van der Waals surface area (Å²) in [6.07, 6.45) is 10.3. The highest BCUT2D eigenvalue weighted by atomic mass is 32.2. The van der Waals surface area contributed by atoms with Gasteiger partial charge in [0.15, 0.2) is 0 Å². The maximum Gasteiger partial charge on any atom is 0.224 e. The normalized spacial score (nSPS) is 27.1. The van der Waals surface area contributed by atoms with Crippen molar-refractivity contribution < 1.29 is 23.5 Å². The summed E-state index contributed by atoms with van der Waals surface area (Å²) >= 11 is 0.897. The van der Waals surface area contributed by atoms with E-state index in [9.17, 15) is 5.11 Å². The van der Waals surface area contributed by atoms with Crippen molar-refractivity contribution in [2.75, 3.05) is 13.2 Å². The molecular formula is C22H41BNO5S. The number of rotatable bonds is 17. The van der Waals surface area contributed by atoms with Gasteiger partial charge in [-0.05, 0) is 28.5 Å². The molecule has 5 atom stereocenters. The number of hydrogen-bond donors (Lipinski definition) is 1. The van der Waals surface area contributed by atoms with E-state index >= 15 is 0 Å². The van der Waals surface area contributed by atoms with E-state index in [2.05, 4.69) is 11.9 Å². The molecule has 0 amide bonds. The molecule has 3 unspecified atom stereocenters. The lowest BCUT2D eigenvalue weighted by Crippen LogP contribution is -2.59. The van der Waals surface area contributed by atoms with Gasteiger partial charge in [0.05, 0.1) is 12.9 Å². The lowest BCUT2D eigenvalue weighted by molar-refractivity contribution is -0.256. The number of unbranched alkanes of at least 4 members (excludes halogenated alkanes) is 7. The highest BCUT2D eigenvalue weighted by Gasteiger charge is 2.47. The molecule has 1 aliphatic heterocycles. The van der Waals surface area contributed by atoms with Crippen molar-refractivity contribution in [3.63, 3.8) is 0 Å². The van der Waals surface area contributed by atoms with Crippen molar-refractivity contribution in [3.05, 3.63) is 12.3 Å². The Morgan fingerprint density at radius 3 is 2.53 bits per heavy atom. The van der Waals surface area contributed by atoms with Gasteiger partial charge in [0.25, 0.3) is 0 Å². The quantitative estimate of drug-likeness (QED) is 0.117. The molecule has 1 radical (unpaired) electrons. The summed E-state index contributed by atoms with van der Waals surface area (Å²) in [6, 6.07) is -0.475. The first-order valence-electron chi connectivity index (χ1n) is 11.8. The second kappa shape index (κ2) is 17.1. The van der Waals surface area contributed by atoms with Crippen LogP contribution in [-0.2, 0) is 18.4 Å². The van der Waals surface area contributed by atoms with Crippen molar-refractivity contribution in [2.24, 2.45) is 4.99 Å². The fraction of sp³-hybridized carbons (Fsp3) is 0.864. The summed E-state index contributed by atoms with van der Waals surface area (Å²) in [5.74, 6) is 0. The van der Waals surface area contributed by atoms with E-state index in [1.165, 1.54) is 38.5 Å². The highest BCUT2D eigenvalue weighted by Crippen LogP contribution is 2.28. The van der Waals surface area contributed by atoms with E-state index in [0.29, 0.717) is 6.61 Å². The molecule has 0 aromatic heterocycles. The molecule has 30 heavy (non-hydrogen) atoms. The molecule has 1 fully saturated rings. The first-order chi connectivity index (χ1) is 15.0. The SMILES string of the molecule is [3H][B]SOCC1O[C@H](O/C=C\C)C(N=C(C)C)C(OCCCCCCCCCC)[C@@H]1O. The van der Waals surface area contributed by atoms with E-state index in [0.717, 1.165) is 37.5 Å². The van der Waals surface area contributed by atoms with Gasteiger partial charge >= 0.3 is 0 Å². The molecule has 1 saturated heterocycles. The van der Waals surface area contributed by atoms with Crippen molar-refractivity contribution in [1.82, 2.24) is 0 Å². The zero-order valence-corrected chi connectivity index (χ0v) is 19.9. The van der Waals surface area contributed by atoms with Crippen LogP contribution in [0.15, 0.2) is 17.3 Å². The average molecular weight is 444 g/mol. The molecule has 0 aliphatic carbocycles. The molecule has 1 heterocycles. The summed E-state index contributed by atoms with van der Waals surface area (Å²) in [5.41, 5.74) is 0.865. The van der Waals surface area contributed by atoms with Gasteiger partial charge in [-0.2, -0.15) is 0 Å². The van der Waals surface area contributed by atoms with E-state index in [-0.39, 0.29) is 6.61 Å². The van der Waals surface area contributed by atoms with Crippen LogP contribution in [0.1, 0.15) is 79.1 Å². The number of aliphatic hydroxyl groups excluding tert-OH is 1. The van der Waals surface area contributed by atoms with Crippen LogP contribution in [-0.4, -0.2) is 63.1 Å². The van der Waals surface area contributed by atoms with Gasteiger partial charge in [0, 0.05) is 12.3 Å². The minimum atomic E-state index is -0.904. The van der Waals surface area contributed by atoms with Crippen LogP contribution in [0.5, 0.6) is 0 Å². The third-order valence-corrected chi connectivity index (χ3v) is 5.28. The van der Waals surface area contributed by atoms with Gasteiger partial charge in [-0.15, -0.1) is 0 Å². The zero-order valence-electron chi connectivity index (χ0n) is 20.1. The van der Waals surface area contributed by atoms with Crippen LogP contribution in [0.2, 0.25) is 0 Å². The van der Waals surface area contributed by atoms with Crippen LogP contribution in [0.25, 0.3) is 0 Å². The van der Waals surface area contributed by atoms with Crippen LogP contribution in [0, 0.1) is 0 Å². The van der Waals surface area contributed by atoms with Crippen molar-refractivity contribution >= 4 is 24.7 Å². The van der Waals surface area contributed by atoms with Crippen LogP contribution >= 0.6 is 11.9 Å². The average Bonchev–Trinajstić information content (AvgIpc) is 2.74. The first kappa shape index (κ1) is 25.7. The molecular weight excluding hydrogens is 401 g/mol. The molecule has 0 saturated carbocycles. The van der Waals surface area contributed by atoms with Gasteiger partial charge in [-0.3, -0.25) is 4.99 Å². The molecule has 8 heteroatoms. The molecule has 1 aliphatic rings. The summed E-state index contributed by atoms with van der Waals surface area (Å²) < 4.78 is 30.3. The van der Waals surface area contributed by atoms with Gasteiger partial charge in [-0.1, -0.05) is 69.8 Å². The Morgan fingerprint density at radius 2 is 1.90 bits per heavy atom. The molecule has 0 aromatic rings. The predicted octanol–water partition coefficient (Wildman–Crippen LogP) is 4.48. The molecule has 0 aromatic carbocycles. The maximum atomic E-state index is 10.9. The summed E-state index contributed by atoms with van der Waals surface area (Å²) in [4.78, 5) is 4.66. The number of hydrogen-bond acceptors (Lipinski definition) is 7. The topological polar surface area (TPSA) is 69.5 Å². The fourth-order valence-corrected chi connectivity index (χ4v) is 3.71. The van der Waals surface area contributed by atoms with E-state index in [1.807, 2.05) is 20.8 Å². The summed E-state index contributed by atoms with van der Waals surface area (Å²) in [6.45, 7) is 8.59. The number of aliphatic hydroxyl groups is 1. The first-order valence-corrected chi connectivity index (χ1v) is 12.1. The van der Waals surface area contributed by atoms with Crippen molar-refractivity contribution in [2.45, 2.75) is 110 Å². The fourth-order valence-electron chi connectivity index (χ4n) is 3.50. The zero-order chi connectivity index (χ0) is 22.9. The second-order valence-electron chi connectivity index (χ2n) is 7.90. The predicted molar refractivity (Wildman–Crippen MR) is 126 cm³/mol. The van der Waals surface area contributed by atoms with E-state index in [1.54, 1.807) is 12.3 Å². The van der Waals surface area contributed by atoms with Crippen molar-refractivity contribution in [3.8, 4) is 0 Å². The van der Waals surface area contributed by atoms with Crippen LogP contribution < -0.4 is 0 Å². The molecule has 0 bridgehead atoms. The largest absolute Gasteiger partial charge is 0.470 e. The Balaban J connectivity index is 2.67. The van der Waals surface area contributed by atoms with Gasteiger partial charge in [0.2, 0.25) is 13.4 Å². The number of nitrogens with zero attached hydrogens (tertiary/aromatic N) is 1. The minimum Gasteiger partial charge on any atom is -0.470 e. The lowest BCUT2D eigenvalue weighted by atomic mass is 9.97. The molecule has 6 nitrogen and oxygen atoms in total. The minimum absolute atomic E-state index is 0.121. The Labute approximate surface area is 190 Å². The molecule has 173 valence electrons. The van der Waals surface area contributed by atoms with E-state index in [4.69, 9.17) is 19.7 Å². The van der Waals surface area contributed by atoms with Gasteiger partial charge < -0.3 is 23.5 Å². The summed E-state index contributed by atoms with van der Waals surface area (Å²) in [7, 11) is 1.09. The third-order valence-electron chi connectivity index (χ3n) is 5.01. The Morgan fingerprint density at radius 1 is 1.20 bits per heavy atom. The van der Waals surface area contributed by atoms with Gasteiger partial charge in [0.1, 0.15) is 24.4 Å². The van der Waals surface area contributed by atoms with Crippen LogP contribution in [0.3, 0.4) is 0 Å². The Bertz CT molecular complexity index is 510. The molecule has 0 spiro atoms. The Hall–Kier alpha value is -0.535. The number of aliphatic imine (C=N–C) groups is 1. The molecule has 1 N–H and O–H groups in total.